The Morgan fingerprint density at radius 1 is 1.33 bits per heavy atom. The molecule has 0 saturated heterocycles. The molecule has 2 rings (SSSR count). The van der Waals surface area contributed by atoms with Gasteiger partial charge in [-0.2, -0.15) is 13.2 Å². The molecule has 110 valence electrons. The minimum absolute atomic E-state index is 0.298. The zero-order valence-electron chi connectivity index (χ0n) is 10.5. The third kappa shape index (κ3) is 3.41. The third-order valence-electron chi connectivity index (χ3n) is 2.34. The van der Waals surface area contributed by atoms with E-state index in [1.54, 1.807) is 0 Å². The van der Waals surface area contributed by atoms with Crippen LogP contribution >= 0.6 is 0 Å². The molecule has 0 unspecified atom stereocenters. The summed E-state index contributed by atoms with van der Waals surface area (Å²) in [5, 5.41) is 2.01. The van der Waals surface area contributed by atoms with Crippen molar-refractivity contribution in [2.45, 2.75) is 13.1 Å². The maximum absolute atomic E-state index is 12.5. The normalized spacial score (nSPS) is 11.2. The van der Waals surface area contributed by atoms with Gasteiger partial charge in [-0.3, -0.25) is 14.9 Å². The number of aromatic amines is 1. The Morgan fingerprint density at radius 3 is 2.67 bits per heavy atom. The van der Waals surface area contributed by atoms with E-state index < -0.39 is 29.3 Å². The summed E-state index contributed by atoms with van der Waals surface area (Å²) < 4.78 is 37.4. The van der Waals surface area contributed by atoms with Crippen LogP contribution in [0.4, 0.5) is 19.1 Å². The summed E-state index contributed by atoms with van der Waals surface area (Å²) in [7, 11) is 0. The van der Waals surface area contributed by atoms with Crippen LogP contribution < -0.4 is 10.9 Å². The van der Waals surface area contributed by atoms with Crippen molar-refractivity contribution in [3.8, 4) is 0 Å². The molecule has 21 heavy (non-hydrogen) atoms. The van der Waals surface area contributed by atoms with E-state index in [0.29, 0.717) is 11.9 Å². The predicted molar refractivity (Wildman–Crippen MR) is 64.6 cm³/mol. The number of carbonyl (C=O) groups is 1. The Labute approximate surface area is 115 Å². The summed E-state index contributed by atoms with van der Waals surface area (Å²) in [6.07, 6.45) is -2.80. The first-order valence-corrected chi connectivity index (χ1v) is 5.55. The maximum Gasteiger partial charge on any atom is 0.433 e. The van der Waals surface area contributed by atoms with Crippen LogP contribution in [0.15, 0.2) is 23.3 Å². The van der Waals surface area contributed by atoms with Crippen LogP contribution in [-0.4, -0.2) is 25.8 Å². The summed E-state index contributed by atoms with van der Waals surface area (Å²) in [6.45, 7) is 1.51. The number of nitrogens with one attached hydrogen (secondary N) is 2. The zero-order valence-corrected chi connectivity index (χ0v) is 10.5. The van der Waals surface area contributed by atoms with E-state index in [0.717, 1.165) is 12.4 Å². The molecule has 2 aromatic rings. The lowest BCUT2D eigenvalue weighted by atomic mass is 10.3. The Bertz CT molecular complexity index is 741. The molecule has 1 amide bonds. The first kappa shape index (κ1) is 14.6. The van der Waals surface area contributed by atoms with Gasteiger partial charge in [-0.1, -0.05) is 0 Å². The Balaban J connectivity index is 2.26. The van der Waals surface area contributed by atoms with Gasteiger partial charge in [-0.05, 0) is 13.0 Å². The standard InChI is InChI=1S/C11H8F3N5O2/c1-5-16-4-6(8(20)17-5)9(21)19-10-15-3-2-7(18-10)11(12,13)14/h2-4H,1H3,(H,16,17,20)(H,15,18,19,21). The predicted octanol–water partition coefficient (Wildman–Crippen LogP) is 1.14. The van der Waals surface area contributed by atoms with Crippen LogP contribution in [0.1, 0.15) is 21.9 Å². The minimum Gasteiger partial charge on any atom is -0.310 e. The summed E-state index contributed by atoms with van der Waals surface area (Å²) >= 11 is 0. The molecule has 0 bridgehead atoms. The maximum atomic E-state index is 12.5. The highest BCUT2D eigenvalue weighted by atomic mass is 19.4. The van der Waals surface area contributed by atoms with Crippen LogP contribution in [0.5, 0.6) is 0 Å². The molecule has 7 nitrogen and oxygen atoms in total. The largest absolute Gasteiger partial charge is 0.433 e. The summed E-state index contributed by atoms with van der Waals surface area (Å²) in [4.78, 5) is 36.0. The zero-order chi connectivity index (χ0) is 15.6. The number of hydrogen-bond donors (Lipinski definition) is 2. The lowest BCUT2D eigenvalue weighted by Gasteiger charge is -2.07. The summed E-state index contributed by atoms with van der Waals surface area (Å²) in [5.41, 5.74) is -2.28. The van der Waals surface area contributed by atoms with Crippen molar-refractivity contribution >= 4 is 11.9 Å². The lowest BCUT2D eigenvalue weighted by molar-refractivity contribution is -0.141. The Hall–Kier alpha value is -2.78. The molecule has 0 atom stereocenters. The number of carbonyl (C=O) groups excluding carboxylic acids is 1. The molecule has 2 N–H and O–H groups in total. The second-order valence-electron chi connectivity index (χ2n) is 3.93. The molecule has 0 aliphatic rings. The van der Waals surface area contributed by atoms with Crippen LogP contribution in [0.2, 0.25) is 0 Å². The fourth-order valence-corrected chi connectivity index (χ4v) is 1.39. The topological polar surface area (TPSA) is 101 Å². The van der Waals surface area contributed by atoms with Crippen molar-refractivity contribution in [3.05, 3.63) is 45.9 Å². The molecule has 2 heterocycles. The van der Waals surface area contributed by atoms with Crippen LogP contribution in [-0.2, 0) is 6.18 Å². The lowest BCUT2D eigenvalue weighted by Crippen LogP contribution is -2.25. The monoisotopic (exact) mass is 299 g/mol. The van der Waals surface area contributed by atoms with E-state index in [-0.39, 0.29) is 5.56 Å². The molecule has 10 heteroatoms. The molecule has 0 aliphatic heterocycles. The van der Waals surface area contributed by atoms with E-state index in [9.17, 15) is 22.8 Å². The van der Waals surface area contributed by atoms with Gasteiger partial charge in [0.15, 0.2) is 0 Å². The fourth-order valence-electron chi connectivity index (χ4n) is 1.39. The second-order valence-corrected chi connectivity index (χ2v) is 3.93. The summed E-state index contributed by atoms with van der Waals surface area (Å²) in [6, 6.07) is 0.663. The van der Waals surface area contributed by atoms with E-state index in [4.69, 9.17) is 0 Å². The SMILES string of the molecule is Cc1ncc(C(=O)Nc2nccc(C(F)(F)F)n2)c(=O)[nH]1. The van der Waals surface area contributed by atoms with Crippen LogP contribution in [0.25, 0.3) is 0 Å². The number of halogens is 3. The highest BCUT2D eigenvalue weighted by molar-refractivity contribution is 6.02. The second kappa shape index (κ2) is 5.31. The molecule has 2 aromatic heterocycles. The number of H-pyrrole nitrogens is 1. The van der Waals surface area contributed by atoms with Gasteiger partial charge in [-0.15, -0.1) is 0 Å². The van der Waals surface area contributed by atoms with Gasteiger partial charge in [0.2, 0.25) is 5.95 Å². The van der Waals surface area contributed by atoms with Gasteiger partial charge in [0.1, 0.15) is 17.1 Å². The Morgan fingerprint density at radius 2 is 2.05 bits per heavy atom. The van der Waals surface area contributed by atoms with Crippen LogP contribution in [0.3, 0.4) is 0 Å². The molecular formula is C11H8F3N5O2. The third-order valence-corrected chi connectivity index (χ3v) is 2.34. The molecular weight excluding hydrogens is 291 g/mol. The van der Waals surface area contributed by atoms with Crippen LogP contribution in [0, 0.1) is 6.92 Å². The van der Waals surface area contributed by atoms with Gasteiger partial charge < -0.3 is 4.98 Å². The van der Waals surface area contributed by atoms with Crippen molar-refractivity contribution < 1.29 is 18.0 Å². The Kier molecular flexibility index (Phi) is 3.70. The number of rotatable bonds is 2. The smallest absolute Gasteiger partial charge is 0.310 e. The van der Waals surface area contributed by atoms with Gasteiger partial charge in [0.25, 0.3) is 11.5 Å². The molecule has 0 fully saturated rings. The van der Waals surface area contributed by atoms with Crippen molar-refractivity contribution in [3.63, 3.8) is 0 Å². The first-order valence-electron chi connectivity index (χ1n) is 5.55. The molecule has 0 spiro atoms. The first-order chi connectivity index (χ1) is 9.77. The summed E-state index contributed by atoms with van der Waals surface area (Å²) in [5.74, 6) is -1.22. The fraction of sp³-hybridized carbons (Fsp3) is 0.182. The van der Waals surface area contributed by atoms with Crippen molar-refractivity contribution in [2.75, 3.05) is 5.32 Å². The number of aromatic nitrogens is 4. The molecule has 0 saturated carbocycles. The number of aryl methyl sites for hydroxylation is 1. The average Bonchev–Trinajstić information content (AvgIpc) is 2.37. The van der Waals surface area contributed by atoms with Crippen molar-refractivity contribution in [1.29, 1.82) is 0 Å². The van der Waals surface area contributed by atoms with Gasteiger partial charge in [-0.25, -0.2) is 15.0 Å². The van der Waals surface area contributed by atoms with E-state index in [1.165, 1.54) is 6.92 Å². The highest BCUT2D eigenvalue weighted by Crippen LogP contribution is 2.27. The van der Waals surface area contributed by atoms with Crippen molar-refractivity contribution in [2.24, 2.45) is 0 Å². The van der Waals surface area contributed by atoms with E-state index in [2.05, 4.69) is 19.9 Å². The van der Waals surface area contributed by atoms with Gasteiger partial charge in [0.05, 0.1) is 0 Å². The average molecular weight is 299 g/mol. The number of nitrogens with zero attached hydrogens (tertiary/aromatic N) is 3. The van der Waals surface area contributed by atoms with Gasteiger partial charge >= 0.3 is 6.18 Å². The minimum atomic E-state index is -4.66. The number of amides is 1. The number of hydrogen-bond acceptors (Lipinski definition) is 5. The van der Waals surface area contributed by atoms with Gasteiger partial charge in [0, 0.05) is 12.4 Å². The van der Waals surface area contributed by atoms with Crippen molar-refractivity contribution in [1.82, 2.24) is 19.9 Å². The molecule has 0 aromatic carbocycles. The number of alkyl halides is 3. The number of anilines is 1. The molecule has 0 aliphatic carbocycles. The highest BCUT2D eigenvalue weighted by Gasteiger charge is 2.33. The van der Waals surface area contributed by atoms with E-state index in [1.807, 2.05) is 5.32 Å². The molecule has 0 radical (unpaired) electrons. The quantitative estimate of drug-likeness (QED) is 0.866. The van der Waals surface area contributed by atoms with E-state index >= 15 is 0 Å².